The van der Waals surface area contributed by atoms with E-state index in [0.29, 0.717) is 31.8 Å². The van der Waals surface area contributed by atoms with Crippen LogP contribution in [0.15, 0.2) is 29.2 Å². The number of carbonyl (C=O) groups excluding carboxylic acids is 2. The number of carbonyl (C=O) groups is 2. The third-order valence-electron chi connectivity index (χ3n) is 5.54. The molecule has 8 nitrogen and oxygen atoms in total. The molecule has 1 atom stereocenters. The monoisotopic (exact) mass is 423 g/mol. The average molecular weight is 424 g/mol. The smallest absolute Gasteiger partial charge is 0.240 e. The van der Waals surface area contributed by atoms with Crippen LogP contribution in [0, 0.1) is 5.92 Å². The van der Waals surface area contributed by atoms with Gasteiger partial charge in [-0.15, -0.1) is 0 Å². The molecule has 2 fully saturated rings. The quantitative estimate of drug-likeness (QED) is 0.589. The molecule has 0 unspecified atom stereocenters. The lowest BCUT2D eigenvalue weighted by molar-refractivity contribution is -0.129. The summed E-state index contributed by atoms with van der Waals surface area (Å²) < 4.78 is 31.9. The summed E-state index contributed by atoms with van der Waals surface area (Å²) in [5.41, 5.74) is 0.514. The predicted octanol–water partition coefficient (Wildman–Crippen LogP) is 1.73. The van der Waals surface area contributed by atoms with Gasteiger partial charge in [0.1, 0.15) is 0 Å². The maximum atomic E-state index is 12.6. The van der Waals surface area contributed by atoms with Gasteiger partial charge in [0.25, 0.3) is 0 Å². The van der Waals surface area contributed by atoms with Crippen LogP contribution in [0.2, 0.25) is 0 Å². The molecule has 3 rings (SSSR count). The number of hydrogen-bond acceptors (Lipinski definition) is 5. The number of ether oxygens (including phenoxy) is 1. The van der Waals surface area contributed by atoms with Crippen LogP contribution in [0.5, 0.6) is 0 Å². The maximum absolute atomic E-state index is 12.6. The number of hydrogen-bond donors (Lipinski definition) is 2. The van der Waals surface area contributed by atoms with E-state index in [2.05, 4.69) is 10.0 Å². The summed E-state index contributed by atoms with van der Waals surface area (Å²) in [5.74, 6) is -0.515. The van der Waals surface area contributed by atoms with Crippen molar-refractivity contribution in [3.05, 3.63) is 24.3 Å². The highest BCUT2D eigenvalue weighted by Crippen LogP contribution is 2.30. The van der Waals surface area contributed by atoms with Gasteiger partial charge in [0.2, 0.25) is 21.8 Å². The standard InChI is InChI=1S/C20H29N3O5S/c1-28-12-4-11-21-29(26,27)18-9-7-16(8-10-18)22-20(25)15-13-19(24)23(14-15)17-5-2-3-6-17/h7-10,15,17,21H,2-6,11-14H2,1H3,(H,22,25)/t15-/m1/s1. The Bertz CT molecular complexity index is 819. The van der Waals surface area contributed by atoms with E-state index < -0.39 is 10.0 Å². The van der Waals surface area contributed by atoms with Gasteiger partial charge in [-0.05, 0) is 43.5 Å². The van der Waals surface area contributed by atoms with Crippen LogP contribution in [-0.2, 0) is 24.3 Å². The van der Waals surface area contributed by atoms with Crippen molar-refractivity contribution in [2.75, 3.05) is 32.1 Å². The normalized spacial score (nSPS) is 20.4. The van der Waals surface area contributed by atoms with Crippen LogP contribution in [0.3, 0.4) is 0 Å². The van der Waals surface area contributed by atoms with Gasteiger partial charge < -0.3 is 15.0 Å². The summed E-state index contributed by atoms with van der Waals surface area (Å²) >= 11 is 0. The fourth-order valence-electron chi connectivity index (χ4n) is 3.94. The number of sulfonamides is 1. The van der Waals surface area contributed by atoms with Gasteiger partial charge in [-0.3, -0.25) is 9.59 Å². The van der Waals surface area contributed by atoms with Gasteiger partial charge >= 0.3 is 0 Å². The lowest BCUT2D eigenvalue weighted by atomic mass is 10.1. The highest BCUT2D eigenvalue weighted by atomic mass is 32.2. The van der Waals surface area contributed by atoms with Crippen molar-refractivity contribution < 1.29 is 22.7 Å². The van der Waals surface area contributed by atoms with Crippen molar-refractivity contribution in [1.29, 1.82) is 0 Å². The molecule has 1 saturated carbocycles. The van der Waals surface area contributed by atoms with Crippen molar-refractivity contribution in [1.82, 2.24) is 9.62 Å². The average Bonchev–Trinajstić information content (AvgIpc) is 3.35. The molecular weight excluding hydrogens is 394 g/mol. The lowest BCUT2D eigenvalue weighted by Gasteiger charge is -2.23. The Balaban J connectivity index is 1.54. The molecule has 0 bridgehead atoms. The fraction of sp³-hybridized carbons (Fsp3) is 0.600. The third-order valence-corrected chi connectivity index (χ3v) is 7.02. The molecule has 0 radical (unpaired) electrons. The maximum Gasteiger partial charge on any atom is 0.240 e. The number of benzene rings is 1. The summed E-state index contributed by atoms with van der Waals surface area (Å²) in [6.07, 6.45) is 5.15. The molecule has 1 heterocycles. The van der Waals surface area contributed by atoms with E-state index in [4.69, 9.17) is 4.74 Å². The Hall–Kier alpha value is -1.97. The van der Waals surface area contributed by atoms with E-state index in [-0.39, 0.29) is 35.1 Å². The number of likely N-dealkylation sites (tertiary alicyclic amines) is 1. The molecule has 2 amide bonds. The van der Waals surface area contributed by atoms with Crippen molar-refractivity contribution in [3.8, 4) is 0 Å². The van der Waals surface area contributed by atoms with Crippen LogP contribution in [-0.4, -0.2) is 58.0 Å². The van der Waals surface area contributed by atoms with Gasteiger partial charge in [-0.1, -0.05) is 12.8 Å². The molecule has 160 valence electrons. The molecular formula is C20H29N3O5S. The highest BCUT2D eigenvalue weighted by Gasteiger charge is 2.38. The minimum atomic E-state index is -3.60. The van der Waals surface area contributed by atoms with Gasteiger partial charge in [0, 0.05) is 45.0 Å². The number of methoxy groups -OCH3 is 1. The second-order valence-electron chi connectivity index (χ2n) is 7.64. The molecule has 1 aliphatic carbocycles. The second kappa shape index (κ2) is 9.69. The molecule has 1 aromatic carbocycles. The van der Waals surface area contributed by atoms with Crippen LogP contribution in [0.4, 0.5) is 5.69 Å². The van der Waals surface area contributed by atoms with Gasteiger partial charge in [-0.2, -0.15) is 0 Å². The first-order valence-corrected chi connectivity index (χ1v) is 11.6. The molecule has 1 saturated heterocycles. The fourth-order valence-corrected chi connectivity index (χ4v) is 5.02. The number of nitrogens with one attached hydrogen (secondary N) is 2. The van der Waals surface area contributed by atoms with E-state index in [0.717, 1.165) is 25.7 Å². The van der Waals surface area contributed by atoms with Crippen molar-refractivity contribution in [2.45, 2.75) is 49.5 Å². The number of nitrogens with zero attached hydrogens (tertiary/aromatic N) is 1. The molecule has 2 aliphatic rings. The highest BCUT2D eigenvalue weighted by molar-refractivity contribution is 7.89. The van der Waals surface area contributed by atoms with Crippen molar-refractivity contribution in [3.63, 3.8) is 0 Å². The first kappa shape index (κ1) is 21.7. The number of rotatable bonds is 9. The Morgan fingerprint density at radius 2 is 1.90 bits per heavy atom. The zero-order valence-electron chi connectivity index (χ0n) is 16.7. The van der Waals surface area contributed by atoms with Gasteiger partial charge in [-0.25, -0.2) is 13.1 Å². The summed E-state index contributed by atoms with van der Waals surface area (Å²) in [6, 6.07) is 6.32. The molecule has 9 heteroatoms. The van der Waals surface area contributed by atoms with Crippen molar-refractivity contribution >= 4 is 27.5 Å². The summed E-state index contributed by atoms with van der Waals surface area (Å²) in [4.78, 5) is 26.8. The zero-order valence-corrected chi connectivity index (χ0v) is 17.5. The van der Waals surface area contributed by atoms with Crippen LogP contribution >= 0.6 is 0 Å². The molecule has 0 aromatic heterocycles. The molecule has 1 aromatic rings. The van der Waals surface area contributed by atoms with E-state index in [1.165, 1.54) is 12.1 Å². The number of anilines is 1. The van der Waals surface area contributed by atoms with Crippen LogP contribution < -0.4 is 10.0 Å². The van der Waals surface area contributed by atoms with Crippen LogP contribution in [0.25, 0.3) is 0 Å². The summed E-state index contributed by atoms with van der Waals surface area (Å²) in [6.45, 7) is 1.24. The van der Waals surface area contributed by atoms with Gasteiger partial charge in [0.15, 0.2) is 0 Å². The largest absolute Gasteiger partial charge is 0.385 e. The minimum absolute atomic E-state index is 0.0537. The van der Waals surface area contributed by atoms with Crippen molar-refractivity contribution in [2.24, 2.45) is 5.92 Å². The first-order valence-electron chi connectivity index (χ1n) is 10.1. The molecule has 29 heavy (non-hydrogen) atoms. The zero-order chi connectivity index (χ0) is 20.9. The lowest BCUT2D eigenvalue weighted by Crippen LogP contribution is -2.35. The molecule has 1 aliphatic heterocycles. The molecule has 0 spiro atoms. The van der Waals surface area contributed by atoms with E-state index >= 15 is 0 Å². The summed E-state index contributed by atoms with van der Waals surface area (Å²) in [7, 11) is -2.03. The van der Waals surface area contributed by atoms with E-state index in [1.54, 1.807) is 19.2 Å². The number of amides is 2. The van der Waals surface area contributed by atoms with E-state index in [1.807, 2.05) is 4.90 Å². The third kappa shape index (κ3) is 5.55. The van der Waals surface area contributed by atoms with Crippen LogP contribution in [0.1, 0.15) is 38.5 Å². The Labute approximate surface area is 172 Å². The Morgan fingerprint density at radius 1 is 1.21 bits per heavy atom. The minimum Gasteiger partial charge on any atom is -0.385 e. The van der Waals surface area contributed by atoms with E-state index in [9.17, 15) is 18.0 Å². The second-order valence-corrected chi connectivity index (χ2v) is 9.41. The summed E-state index contributed by atoms with van der Waals surface area (Å²) in [5, 5.41) is 2.80. The Kier molecular flexibility index (Phi) is 7.26. The SMILES string of the molecule is COCCCNS(=O)(=O)c1ccc(NC(=O)[C@@H]2CC(=O)N(C3CCCC3)C2)cc1. The first-order chi connectivity index (χ1) is 13.9. The molecule has 2 N–H and O–H groups in total. The van der Waals surface area contributed by atoms with Gasteiger partial charge in [0.05, 0.1) is 10.8 Å². The topological polar surface area (TPSA) is 105 Å². The predicted molar refractivity (Wildman–Crippen MR) is 109 cm³/mol. The Morgan fingerprint density at radius 3 is 2.55 bits per heavy atom.